The molecule has 0 aromatic rings. The van der Waals surface area contributed by atoms with E-state index in [0.717, 1.165) is 0 Å². The third-order valence-electron chi connectivity index (χ3n) is 7.69. The normalized spacial score (nSPS) is 16.1. The summed E-state index contributed by atoms with van der Waals surface area (Å²) in [5.41, 5.74) is 0. The molecule has 0 bridgehead atoms. The first kappa shape index (κ1) is 44.7. The standard InChI is InChI=1S/C34H63N5O9/c1-17(2)12-23(37-33(47)31(21(9)10)39-34(48)30(20(7)8)38-27(42)14-19(5)6)25(40)15-28(43)35-22(11)32(46)36-24(13-18(3)4)26(41)16-29(44)45/h17-26,30-31,40-41H,12-16H2,1-11H3,(H,35,43)(H,36,46)(H,37,47)(H,38,42)(H,39,48)(H,44,45)/t22?,23-,24?,25-,26?,30?,31?/m0/s1. The summed E-state index contributed by atoms with van der Waals surface area (Å²) in [5, 5.41) is 43.9. The predicted molar refractivity (Wildman–Crippen MR) is 182 cm³/mol. The number of hydrogen-bond acceptors (Lipinski definition) is 8. The lowest BCUT2D eigenvalue weighted by Gasteiger charge is -2.31. The number of rotatable bonds is 22. The molecule has 0 aliphatic rings. The number of aliphatic hydroxyl groups excluding tert-OH is 2. The Morgan fingerprint density at radius 2 is 0.875 bits per heavy atom. The van der Waals surface area contributed by atoms with Crippen LogP contribution in [0.2, 0.25) is 0 Å². The average molecular weight is 686 g/mol. The summed E-state index contributed by atoms with van der Waals surface area (Å²) in [5.74, 6) is -4.25. The number of carbonyl (C=O) groups is 6. The van der Waals surface area contributed by atoms with E-state index in [2.05, 4.69) is 26.6 Å². The molecule has 0 fully saturated rings. The second-order valence-corrected chi connectivity index (χ2v) is 14.8. The van der Waals surface area contributed by atoms with Crippen LogP contribution in [0, 0.1) is 29.6 Å². The number of hydrogen-bond donors (Lipinski definition) is 8. The Bertz CT molecular complexity index is 1060. The van der Waals surface area contributed by atoms with E-state index in [1.807, 2.05) is 41.5 Å². The topological polar surface area (TPSA) is 223 Å². The number of amides is 5. The molecule has 0 aromatic heterocycles. The maximum absolute atomic E-state index is 13.5. The zero-order chi connectivity index (χ0) is 37.5. The summed E-state index contributed by atoms with van der Waals surface area (Å²) < 4.78 is 0. The average Bonchev–Trinajstić information content (AvgIpc) is 2.91. The van der Waals surface area contributed by atoms with Crippen LogP contribution in [-0.2, 0) is 28.8 Å². The van der Waals surface area contributed by atoms with Gasteiger partial charge in [0.1, 0.15) is 18.1 Å². The fraction of sp³-hybridized carbons (Fsp3) is 0.824. The van der Waals surface area contributed by atoms with E-state index in [1.165, 1.54) is 6.92 Å². The van der Waals surface area contributed by atoms with Gasteiger partial charge in [0, 0.05) is 6.42 Å². The minimum Gasteiger partial charge on any atom is -0.481 e. The fourth-order valence-electron chi connectivity index (χ4n) is 5.16. The first-order valence-electron chi connectivity index (χ1n) is 17.1. The Hall–Kier alpha value is -3.26. The Kier molecular flexibility index (Phi) is 20.2. The predicted octanol–water partition coefficient (Wildman–Crippen LogP) is 1.47. The van der Waals surface area contributed by atoms with E-state index in [1.54, 1.807) is 27.7 Å². The van der Waals surface area contributed by atoms with Gasteiger partial charge in [0.05, 0.1) is 37.1 Å². The summed E-state index contributed by atoms with van der Waals surface area (Å²) in [6.45, 7) is 19.8. The van der Waals surface area contributed by atoms with E-state index in [0.29, 0.717) is 12.8 Å². The minimum absolute atomic E-state index is 0.0152. The molecule has 5 amide bonds. The summed E-state index contributed by atoms with van der Waals surface area (Å²) >= 11 is 0. The van der Waals surface area contributed by atoms with Gasteiger partial charge in [-0.05, 0) is 49.4 Å². The van der Waals surface area contributed by atoms with Crippen molar-refractivity contribution >= 4 is 35.5 Å². The zero-order valence-electron chi connectivity index (χ0n) is 30.8. The number of carbonyl (C=O) groups excluding carboxylic acids is 5. The molecule has 0 rings (SSSR count). The lowest BCUT2D eigenvalue weighted by atomic mass is 9.95. The van der Waals surface area contributed by atoms with Crippen LogP contribution in [0.4, 0.5) is 0 Å². The zero-order valence-corrected chi connectivity index (χ0v) is 30.8. The molecule has 48 heavy (non-hydrogen) atoms. The lowest BCUT2D eigenvalue weighted by molar-refractivity contribution is -0.140. The molecule has 0 saturated carbocycles. The molecule has 0 heterocycles. The number of nitrogens with one attached hydrogen (secondary N) is 5. The number of aliphatic carboxylic acids is 1. The van der Waals surface area contributed by atoms with Crippen molar-refractivity contribution in [3.63, 3.8) is 0 Å². The van der Waals surface area contributed by atoms with Crippen LogP contribution in [0.25, 0.3) is 0 Å². The minimum atomic E-state index is -1.33. The second-order valence-electron chi connectivity index (χ2n) is 14.8. The maximum Gasteiger partial charge on any atom is 0.306 e. The van der Waals surface area contributed by atoms with E-state index < -0.39 is 84.9 Å². The van der Waals surface area contributed by atoms with Gasteiger partial charge in [-0.1, -0.05) is 69.2 Å². The van der Waals surface area contributed by atoms with Gasteiger partial charge in [-0.2, -0.15) is 0 Å². The van der Waals surface area contributed by atoms with Crippen molar-refractivity contribution < 1.29 is 44.1 Å². The SMILES string of the molecule is CC(C)CC(=O)NC(C(=O)NC(C(=O)N[C@@H](CC(C)C)[C@@H](O)CC(=O)NC(C)C(=O)NC(CC(C)C)C(O)CC(=O)O)C(C)C)C(C)C. The van der Waals surface area contributed by atoms with Gasteiger partial charge in [0.15, 0.2) is 0 Å². The highest BCUT2D eigenvalue weighted by atomic mass is 16.4. The van der Waals surface area contributed by atoms with Crippen molar-refractivity contribution in [2.24, 2.45) is 29.6 Å². The van der Waals surface area contributed by atoms with Crippen LogP contribution in [0.1, 0.15) is 108 Å². The van der Waals surface area contributed by atoms with Crippen LogP contribution in [-0.4, -0.2) is 93.2 Å². The van der Waals surface area contributed by atoms with E-state index in [4.69, 9.17) is 5.11 Å². The van der Waals surface area contributed by atoms with E-state index >= 15 is 0 Å². The molecule has 278 valence electrons. The Morgan fingerprint density at radius 3 is 1.29 bits per heavy atom. The molecular weight excluding hydrogens is 622 g/mol. The van der Waals surface area contributed by atoms with Gasteiger partial charge in [0.25, 0.3) is 0 Å². The highest BCUT2D eigenvalue weighted by Gasteiger charge is 2.34. The third-order valence-corrected chi connectivity index (χ3v) is 7.69. The summed E-state index contributed by atoms with van der Waals surface area (Å²) in [6.07, 6.45) is -2.76. The molecule has 7 atom stereocenters. The Morgan fingerprint density at radius 1 is 0.479 bits per heavy atom. The monoisotopic (exact) mass is 685 g/mol. The maximum atomic E-state index is 13.5. The van der Waals surface area contributed by atoms with Crippen LogP contribution in [0.3, 0.4) is 0 Å². The van der Waals surface area contributed by atoms with Gasteiger partial charge in [-0.15, -0.1) is 0 Å². The summed E-state index contributed by atoms with van der Waals surface area (Å²) in [6, 6.07) is -4.61. The van der Waals surface area contributed by atoms with E-state index in [9.17, 15) is 39.0 Å². The first-order chi connectivity index (χ1) is 22.0. The van der Waals surface area contributed by atoms with Crippen molar-refractivity contribution in [3.05, 3.63) is 0 Å². The van der Waals surface area contributed by atoms with Crippen molar-refractivity contribution in [2.45, 2.75) is 151 Å². The van der Waals surface area contributed by atoms with Crippen LogP contribution in [0.15, 0.2) is 0 Å². The Balaban J connectivity index is 5.60. The van der Waals surface area contributed by atoms with Crippen LogP contribution in [0.5, 0.6) is 0 Å². The van der Waals surface area contributed by atoms with Crippen LogP contribution < -0.4 is 26.6 Å². The molecule has 0 saturated heterocycles. The number of carboxylic acid groups (broad SMARTS) is 1. The van der Waals surface area contributed by atoms with Gasteiger partial charge >= 0.3 is 5.97 Å². The molecule has 8 N–H and O–H groups in total. The third kappa shape index (κ3) is 17.8. The fourth-order valence-corrected chi connectivity index (χ4v) is 5.16. The molecule has 0 radical (unpaired) electrons. The van der Waals surface area contributed by atoms with Gasteiger partial charge in [-0.25, -0.2) is 0 Å². The molecule has 0 aliphatic heterocycles. The molecule has 14 heteroatoms. The summed E-state index contributed by atoms with van der Waals surface area (Å²) in [4.78, 5) is 75.9. The largest absolute Gasteiger partial charge is 0.481 e. The Labute approximate surface area is 286 Å². The highest BCUT2D eigenvalue weighted by molar-refractivity contribution is 5.92. The van der Waals surface area contributed by atoms with Crippen molar-refractivity contribution in [2.75, 3.05) is 0 Å². The van der Waals surface area contributed by atoms with Crippen molar-refractivity contribution in [1.82, 2.24) is 26.6 Å². The van der Waals surface area contributed by atoms with Gasteiger partial charge < -0.3 is 41.9 Å². The smallest absolute Gasteiger partial charge is 0.306 e. The second kappa shape index (κ2) is 21.7. The molecule has 14 nitrogen and oxygen atoms in total. The van der Waals surface area contributed by atoms with Gasteiger partial charge in [0.2, 0.25) is 29.5 Å². The van der Waals surface area contributed by atoms with Gasteiger partial charge in [-0.3, -0.25) is 28.8 Å². The molecule has 0 aromatic carbocycles. The van der Waals surface area contributed by atoms with Crippen LogP contribution >= 0.6 is 0 Å². The van der Waals surface area contributed by atoms with Crippen molar-refractivity contribution in [3.8, 4) is 0 Å². The lowest BCUT2D eigenvalue weighted by Crippen LogP contribution is -2.59. The summed E-state index contributed by atoms with van der Waals surface area (Å²) in [7, 11) is 0. The number of carboxylic acids is 1. The molecule has 0 aliphatic carbocycles. The molecule has 5 unspecified atom stereocenters. The molecule has 0 spiro atoms. The molecular formula is C34H63N5O9. The van der Waals surface area contributed by atoms with Crippen molar-refractivity contribution in [1.29, 1.82) is 0 Å². The number of aliphatic hydroxyl groups is 2. The quantitative estimate of drug-likeness (QED) is 0.0825. The van der Waals surface area contributed by atoms with E-state index in [-0.39, 0.29) is 41.9 Å². The highest BCUT2D eigenvalue weighted by Crippen LogP contribution is 2.15. The first-order valence-corrected chi connectivity index (χ1v) is 17.1.